The van der Waals surface area contributed by atoms with Crippen LogP contribution >= 0.6 is 11.6 Å². The molecule has 1 aromatic heterocycles. The van der Waals surface area contributed by atoms with Crippen LogP contribution in [0.25, 0.3) is 10.9 Å². The highest BCUT2D eigenvalue weighted by Crippen LogP contribution is 2.21. The average Bonchev–Trinajstić information content (AvgIpc) is 2.55. The van der Waals surface area contributed by atoms with Crippen molar-refractivity contribution in [1.82, 2.24) is 9.97 Å². The number of aromatic nitrogens is 2. The Balaban J connectivity index is 1.69. The molecule has 0 atom stereocenters. The fourth-order valence-corrected chi connectivity index (χ4v) is 2.16. The fourth-order valence-electron chi connectivity index (χ4n) is 2.01. The summed E-state index contributed by atoms with van der Waals surface area (Å²) in [5, 5.41) is 3.36. The fraction of sp³-hybridized carbons (Fsp3) is 0.0625. The molecule has 3 rings (SSSR count). The molecule has 1 amide bonds. The summed E-state index contributed by atoms with van der Waals surface area (Å²) in [6.07, 6.45) is 1.36. The Hall–Kier alpha value is -2.73. The average molecular weight is 332 g/mol. The van der Waals surface area contributed by atoms with Gasteiger partial charge < -0.3 is 10.1 Å². The first-order chi connectivity index (χ1) is 11.1. The van der Waals surface area contributed by atoms with Crippen molar-refractivity contribution in [2.24, 2.45) is 0 Å². The third kappa shape index (κ3) is 3.54. The molecule has 7 heteroatoms. The van der Waals surface area contributed by atoms with Crippen molar-refractivity contribution in [2.75, 3.05) is 11.9 Å². The van der Waals surface area contributed by atoms with Crippen LogP contribution in [0.4, 0.5) is 10.1 Å². The predicted octanol–water partition coefficient (Wildman–Crippen LogP) is 3.44. The van der Waals surface area contributed by atoms with Crippen LogP contribution < -0.4 is 10.1 Å². The van der Waals surface area contributed by atoms with Crippen molar-refractivity contribution in [3.63, 3.8) is 0 Å². The number of carbonyl (C=O) groups is 1. The molecule has 0 unspecified atom stereocenters. The van der Waals surface area contributed by atoms with Gasteiger partial charge in [-0.3, -0.25) is 4.79 Å². The van der Waals surface area contributed by atoms with E-state index in [0.717, 1.165) is 6.07 Å². The number of nitrogens with zero attached hydrogens (tertiary/aromatic N) is 2. The summed E-state index contributed by atoms with van der Waals surface area (Å²) in [6, 6.07) is 11.3. The topological polar surface area (TPSA) is 64.1 Å². The molecule has 0 saturated carbocycles. The number of carbonyl (C=O) groups excluding carboxylic acids is 1. The second-order valence-electron chi connectivity index (χ2n) is 4.66. The summed E-state index contributed by atoms with van der Waals surface area (Å²) in [5.41, 5.74) is 0.747. The number of anilines is 1. The highest BCUT2D eigenvalue weighted by Gasteiger charge is 2.10. The van der Waals surface area contributed by atoms with Crippen LogP contribution in [0.3, 0.4) is 0 Å². The van der Waals surface area contributed by atoms with Gasteiger partial charge in [0.05, 0.1) is 16.6 Å². The van der Waals surface area contributed by atoms with Gasteiger partial charge in [0.2, 0.25) is 5.88 Å². The minimum absolute atomic E-state index is 0.0375. The maximum absolute atomic E-state index is 13.6. The summed E-state index contributed by atoms with van der Waals surface area (Å²) in [7, 11) is 0. The normalized spacial score (nSPS) is 10.5. The first-order valence-corrected chi connectivity index (χ1v) is 7.09. The van der Waals surface area contributed by atoms with Crippen LogP contribution in [0.2, 0.25) is 5.02 Å². The third-order valence-corrected chi connectivity index (χ3v) is 3.29. The van der Waals surface area contributed by atoms with E-state index >= 15 is 0 Å². The lowest BCUT2D eigenvalue weighted by Crippen LogP contribution is -2.21. The maximum Gasteiger partial charge on any atom is 0.262 e. The van der Waals surface area contributed by atoms with E-state index in [9.17, 15) is 9.18 Å². The number of amides is 1. The predicted molar refractivity (Wildman–Crippen MR) is 85.1 cm³/mol. The molecule has 1 heterocycles. The van der Waals surface area contributed by atoms with Crippen molar-refractivity contribution in [3.05, 3.63) is 59.6 Å². The van der Waals surface area contributed by atoms with Gasteiger partial charge in [0.25, 0.3) is 5.91 Å². The Bertz CT molecular complexity index is 868. The van der Waals surface area contributed by atoms with E-state index in [1.807, 2.05) is 18.2 Å². The van der Waals surface area contributed by atoms with E-state index in [4.69, 9.17) is 16.3 Å². The summed E-state index contributed by atoms with van der Waals surface area (Å²) in [6.45, 7) is -0.303. The number of halogens is 2. The Kier molecular flexibility index (Phi) is 4.34. The Morgan fingerprint density at radius 3 is 2.87 bits per heavy atom. The van der Waals surface area contributed by atoms with Gasteiger partial charge in [0.15, 0.2) is 6.61 Å². The molecular weight excluding hydrogens is 321 g/mol. The number of ether oxygens (including phenoxy) is 1. The van der Waals surface area contributed by atoms with Crippen LogP contribution in [0.5, 0.6) is 5.88 Å². The molecule has 0 spiro atoms. The van der Waals surface area contributed by atoms with Crippen molar-refractivity contribution in [1.29, 1.82) is 0 Å². The van der Waals surface area contributed by atoms with Gasteiger partial charge in [0, 0.05) is 5.02 Å². The number of fused-ring (bicyclic) bond motifs is 1. The molecule has 2 aromatic carbocycles. The Labute approximate surface area is 136 Å². The van der Waals surface area contributed by atoms with Crippen molar-refractivity contribution in [3.8, 4) is 5.88 Å². The van der Waals surface area contributed by atoms with E-state index in [1.54, 1.807) is 6.07 Å². The third-order valence-electron chi connectivity index (χ3n) is 3.05. The van der Waals surface area contributed by atoms with Gasteiger partial charge in [-0.25, -0.2) is 14.4 Å². The van der Waals surface area contributed by atoms with E-state index < -0.39 is 11.7 Å². The number of para-hydroxylation sites is 1. The molecule has 3 aromatic rings. The first kappa shape index (κ1) is 15.2. The molecule has 116 valence electrons. The maximum atomic E-state index is 13.6. The molecule has 0 aliphatic rings. The molecule has 0 aliphatic heterocycles. The zero-order valence-corrected chi connectivity index (χ0v) is 12.5. The van der Waals surface area contributed by atoms with Crippen LogP contribution in [-0.4, -0.2) is 22.5 Å². The van der Waals surface area contributed by atoms with Crippen molar-refractivity contribution >= 4 is 34.1 Å². The number of hydrogen-bond acceptors (Lipinski definition) is 4. The Morgan fingerprint density at radius 2 is 2.04 bits per heavy atom. The summed E-state index contributed by atoms with van der Waals surface area (Å²) in [4.78, 5) is 20.0. The number of hydrogen-bond donors (Lipinski definition) is 1. The Morgan fingerprint density at radius 1 is 1.22 bits per heavy atom. The zero-order chi connectivity index (χ0) is 16.2. The molecule has 1 N–H and O–H groups in total. The van der Waals surface area contributed by atoms with Crippen LogP contribution in [0.15, 0.2) is 48.8 Å². The lowest BCUT2D eigenvalue weighted by molar-refractivity contribution is -0.118. The van der Waals surface area contributed by atoms with Gasteiger partial charge in [-0.05, 0) is 30.3 Å². The van der Waals surface area contributed by atoms with Gasteiger partial charge in [0.1, 0.15) is 12.1 Å². The summed E-state index contributed by atoms with van der Waals surface area (Å²) in [5.74, 6) is -0.824. The number of nitrogens with one attached hydrogen (secondary N) is 1. The monoisotopic (exact) mass is 331 g/mol. The smallest absolute Gasteiger partial charge is 0.262 e. The van der Waals surface area contributed by atoms with E-state index in [2.05, 4.69) is 15.3 Å². The first-order valence-electron chi connectivity index (χ1n) is 6.71. The molecule has 0 saturated heterocycles. The standard InChI is InChI=1S/C16H11ClFN3O2/c17-10-5-6-14(12(18)7-10)21-15(22)8-23-16-11-3-1-2-4-13(11)19-9-20-16/h1-7,9H,8H2,(H,21,22). The molecule has 0 fully saturated rings. The van der Waals surface area contributed by atoms with Crippen LogP contribution in [-0.2, 0) is 4.79 Å². The molecular formula is C16H11ClFN3O2. The van der Waals surface area contributed by atoms with Crippen LogP contribution in [0, 0.1) is 5.82 Å². The molecule has 0 aliphatic carbocycles. The lowest BCUT2D eigenvalue weighted by atomic mass is 10.2. The van der Waals surface area contributed by atoms with E-state index in [1.165, 1.54) is 18.5 Å². The summed E-state index contributed by atoms with van der Waals surface area (Å²) < 4.78 is 19.0. The largest absolute Gasteiger partial charge is 0.467 e. The molecule has 5 nitrogen and oxygen atoms in total. The highest BCUT2D eigenvalue weighted by molar-refractivity contribution is 6.30. The second-order valence-corrected chi connectivity index (χ2v) is 5.09. The van der Waals surface area contributed by atoms with E-state index in [0.29, 0.717) is 16.8 Å². The lowest BCUT2D eigenvalue weighted by Gasteiger charge is -2.09. The van der Waals surface area contributed by atoms with Gasteiger partial charge >= 0.3 is 0 Å². The SMILES string of the molecule is O=C(COc1ncnc2ccccc12)Nc1ccc(Cl)cc1F. The van der Waals surface area contributed by atoms with Crippen LogP contribution in [0.1, 0.15) is 0 Å². The highest BCUT2D eigenvalue weighted by atomic mass is 35.5. The molecule has 0 bridgehead atoms. The molecule has 23 heavy (non-hydrogen) atoms. The van der Waals surface area contributed by atoms with Crippen molar-refractivity contribution in [2.45, 2.75) is 0 Å². The molecule has 0 radical (unpaired) electrons. The number of benzene rings is 2. The van der Waals surface area contributed by atoms with Gasteiger partial charge in [-0.2, -0.15) is 0 Å². The minimum Gasteiger partial charge on any atom is -0.467 e. The second kappa shape index (κ2) is 6.58. The number of rotatable bonds is 4. The van der Waals surface area contributed by atoms with Gasteiger partial charge in [-0.15, -0.1) is 0 Å². The van der Waals surface area contributed by atoms with Crippen molar-refractivity contribution < 1.29 is 13.9 Å². The summed E-state index contributed by atoms with van der Waals surface area (Å²) >= 11 is 5.66. The van der Waals surface area contributed by atoms with E-state index in [-0.39, 0.29) is 17.3 Å². The van der Waals surface area contributed by atoms with Gasteiger partial charge in [-0.1, -0.05) is 23.7 Å². The minimum atomic E-state index is -0.613. The quantitative estimate of drug-likeness (QED) is 0.795. The zero-order valence-electron chi connectivity index (χ0n) is 11.8.